The van der Waals surface area contributed by atoms with E-state index < -0.39 is 38.0 Å². The molecule has 1 aromatic carbocycles. The van der Waals surface area contributed by atoms with Crippen molar-refractivity contribution in [1.29, 1.82) is 0 Å². The van der Waals surface area contributed by atoms with Gasteiger partial charge in [0.2, 0.25) is 10.0 Å². The highest BCUT2D eigenvalue weighted by molar-refractivity contribution is 7.89. The maximum atomic E-state index is 12.6. The molecule has 0 spiro atoms. The van der Waals surface area contributed by atoms with Gasteiger partial charge in [-0.15, -0.1) is 0 Å². The van der Waals surface area contributed by atoms with Crippen LogP contribution in [0.1, 0.15) is 19.4 Å². The molecule has 0 fully saturated rings. The number of hydrogen-bond acceptors (Lipinski definition) is 4. The number of alkyl halides is 3. The lowest BCUT2D eigenvalue weighted by Gasteiger charge is -2.24. The molecule has 118 valence electrons. The molecular formula is C11H14F3N3O3S. The molecule has 0 aliphatic heterocycles. The van der Waals surface area contributed by atoms with Crippen LogP contribution in [0.25, 0.3) is 0 Å². The molecule has 1 rings (SSSR count). The summed E-state index contributed by atoms with van der Waals surface area (Å²) in [7, 11) is -4.28. The van der Waals surface area contributed by atoms with E-state index in [1.807, 2.05) is 0 Å². The zero-order chi connectivity index (χ0) is 16.5. The van der Waals surface area contributed by atoms with Gasteiger partial charge in [-0.3, -0.25) is 0 Å². The third-order valence-corrected chi connectivity index (χ3v) is 4.26. The molecule has 0 aliphatic carbocycles. The highest BCUT2D eigenvalue weighted by atomic mass is 32.2. The van der Waals surface area contributed by atoms with Crippen molar-refractivity contribution in [2.75, 3.05) is 0 Å². The zero-order valence-corrected chi connectivity index (χ0v) is 12.0. The third-order valence-electron chi connectivity index (χ3n) is 2.61. The molecule has 0 amide bonds. The number of sulfonamides is 1. The van der Waals surface area contributed by atoms with Crippen LogP contribution >= 0.6 is 0 Å². The first-order valence-electron chi connectivity index (χ1n) is 5.59. The van der Waals surface area contributed by atoms with Crippen molar-refractivity contribution in [1.82, 2.24) is 4.72 Å². The minimum atomic E-state index is -4.66. The Kier molecular flexibility index (Phi) is 4.54. The van der Waals surface area contributed by atoms with Gasteiger partial charge in [-0.25, -0.2) is 8.42 Å². The number of hydrogen-bond donors (Lipinski definition) is 3. The minimum Gasteiger partial charge on any atom is -0.409 e. The van der Waals surface area contributed by atoms with Crippen LogP contribution in [0.4, 0.5) is 13.2 Å². The molecule has 0 atom stereocenters. The van der Waals surface area contributed by atoms with Crippen LogP contribution < -0.4 is 10.5 Å². The highest BCUT2D eigenvalue weighted by Crippen LogP contribution is 2.30. The number of nitrogens with zero attached hydrogens (tertiary/aromatic N) is 1. The van der Waals surface area contributed by atoms with Crippen LogP contribution in [-0.4, -0.2) is 25.0 Å². The van der Waals surface area contributed by atoms with Gasteiger partial charge in [0.25, 0.3) is 0 Å². The Morgan fingerprint density at radius 3 is 2.38 bits per heavy atom. The summed E-state index contributed by atoms with van der Waals surface area (Å²) in [6.45, 7) is 2.60. The Morgan fingerprint density at radius 2 is 1.90 bits per heavy atom. The molecular weight excluding hydrogens is 311 g/mol. The summed E-state index contributed by atoms with van der Waals surface area (Å²) in [6.07, 6.45) is -4.66. The topological polar surface area (TPSA) is 105 Å². The van der Waals surface area contributed by atoms with Gasteiger partial charge in [0.15, 0.2) is 5.84 Å². The molecule has 6 nitrogen and oxygen atoms in total. The second-order valence-corrected chi connectivity index (χ2v) is 6.42. The predicted molar refractivity (Wildman–Crippen MR) is 69.3 cm³/mol. The summed E-state index contributed by atoms with van der Waals surface area (Å²) in [4.78, 5) is -0.573. The normalized spacial score (nSPS) is 14.2. The maximum Gasteiger partial charge on any atom is 0.416 e. The lowest BCUT2D eigenvalue weighted by molar-refractivity contribution is -0.137. The lowest BCUT2D eigenvalue weighted by atomic mass is 10.1. The van der Waals surface area contributed by atoms with Crippen molar-refractivity contribution in [3.05, 3.63) is 29.8 Å². The molecule has 0 saturated heterocycles. The van der Waals surface area contributed by atoms with Gasteiger partial charge in [-0.2, -0.15) is 17.9 Å². The molecule has 0 saturated carbocycles. The minimum absolute atomic E-state index is 0.432. The Hall–Kier alpha value is -1.81. The zero-order valence-electron chi connectivity index (χ0n) is 11.1. The Balaban J connectivity index is 3.21. The van der Waals surface area contributed by atoms with Gasteiger partial charge in [-0.1, -0.05) is 11.2 Å². The van der Waals surface area contributed by atoms with Crippen LogP contribution in [0.2, 0.25) is 0 Å². The Labute approximate surface area is 119 Å². The van der Waals surface area contributed by atoms with E-state index >= 15 is 0 Å². The van der Waals surface area contributed by atoms with Crippen molar-refractivity contribution in [2.24, 2.45) is 10.9 Å². The monoisotopic (exact) mass is 325 g/mol. The Bertz CT molecular complexity index is 654. The average molecular weight is 325 g/mol. The van der Waals surface area contributed by atoms with Gasteiger partial charge in [0.1, 0.15) is 0 Å². The summed E-state index contributed by atoms with van der Waals surface area (Å²) in [5, 5.41) is 11.3. The van der Waals surface area contributed by atoms with Gasteiger partial charge in [0, 0.05) is 0 Å². The number of nitrogens with two attached hydrogens (primary N) is 1. The summed E-state index contributed by atoms with van der Waals surface area (Å²) in [6, 6.07) is 3.26. The maximum absolute atomic E-state index is 12.6. The molecule has 0 bridgehead atoms. The molecule has 0 unspecified atom stereocenters. The van der Waals surface area contributed by atoms with E-state index in [2.05, 4.69) is 9.88 Å². The number of halogens is 3. The van der Waals surface area contributed by atoms with Crippen molar-refractivity contribution >= 4 is 15.9 Å². The van der Waals surface area contributed by atoms with Gasteiger partial charge in [-0.05, 0) is 32.0 Å². The summed E-state index contributed by atoms with van der Waals surface area (Å²) >= 11 is 0. The molecule has 0 radical (unpaired) electrons. The number of oxime groups is 1. The van der Waals surface area contributed by atoms with E-state index in [-0.39, 0.29) is 0 Å². The van der Waals surface area contributed by atoms with Gasteiger partial charge in [0.05, 0.1) is 16.0 Å². The van der Waals surface area contributed by atoms with Crippen molar-refractivity contribution in [2.45, 2.75) is 30.5 Å². The predicted octanol–water partition coefficient (Wildman–Crippen LogP) is 1.51. The fourth-order valence-corrected chi connectivity index (χ4v) is 2.85. The fraction of sp³-hybridized carbons (Fsp3) is 0.364. The first-order chi connectivity index (χ1) is 9.40. The number of amidine groups is 1. The van der Waals surface area contributed by atoms with E-state index in [4.69, 9.17) is 10.9 Å². The molecule has 0 aliphatic rings. The van der Waals surface area contributed by atoms with Crippen molar-refractivity contribution in [3.63, 3.8) is 0 Å². The SMILES string of the molecule is CC(C)(NS(=O)(=O)c1cccc(C(F)(F)F)c1)/C(N)=N/O. The first kappa shape index (κ1) is 17.2. The number of nitrogens with one attached hydrogen (secondary N) is 1. The van der Waals surface area contributed by atoms with Gasteiger partial charge >= 0.3 is 6.18 Å². The summed E-state index contributed by atoms with van der Waals surface area (Å²) in [5.74, 6) is -0.432. The lowest BCUT2D eigenvalue weighted by Crippen LogP contribution is -2.52. The van der Waals surface area contributed by atoms with Crippen molar-refractivity contribution < 1.29 is 26.8 Å². The smallest absolute Gasteiger partial charge is 0.409 e. The molecule has 0 aromatic heterocycles. The Morgan fingerprint density at radius 1 is 1.33 bits per heavy atom. The molecule has 10 heteroatoms. The molecule has 1 aromatic rings. The van der Waals surface area contributed by atoms with E-state index in [1.165, 1.54) is 13.8 Å². The molecule has 0 heterocycles. The average Bonchev–Trinajstić information content (AvgIpc) is 2.35. The highest BCUT2D eigenvalue weighted by Gasteiger charge is 2.34. The van der Waals surface area contributed by atoms with E-state index in [1.54, 1.807) is 0 Å². The van der Waals surface area contributed by atoms with Crippen LogP contribution in [-0.2, 0) is 16.2 Å². The quantitative estimate of drug-likeness (QED) is 0.338. The summed E-state index contributed by atoms with van der Waals surface area (Å²) < 4.78 is 64.0. The second kappa shape index (κ2) is 5.53. The van der Waals surface area contributed by atoms with E-state index in [0.717, 1.165) is 18.2 Å². The standard InChI is InChI=1S/C11H14F3N3O3S/c1-10(2,9(15)16-18)17-21(19,20)8-5-3-4-7(6-8)11(12,13)14/h3-6,17-18H,1-2H3,(H2,15,16). The van der Waals surface area contributed by atoms with Gasteiger partial charge < -0.3 is 10.9 Å². The van der Waals surface area contributed by atoms with Crippen LogP contribution in [0.5, 0.6) is 0 Å². The molecule has 4 N–H and O–H groups in total. The number of rotatable bonds is 4. The van der Waals surface area contributed by atoms with Crippen LogP contribution in [0.15, 0.2) is 34.3 Å². The second-order valence-electron chi connectivity index (χ2n) is 4.74. The van der Waals surface area contributed by atoms with E-state index in [0.29, 0.717) is 6.07 Å². The number of benzene rings is 1. The first-order valence-corrected chi connectivity index (χ1v) is 7.08. The van der Waals surface area contributed by atoms with Crippen LogP contribution in [0.3, 0.4) is 0 Å². The largest absolute Gasteiger partial charge is 0.416 e. The van der Waals surface area contributed by atoms with Crippen molar-refractivity contribution in [3.8, 4) is 0 Å². The third kappa shape index (κ3) is 4.08. The fourth-order valence-electron chi connectivity index (χ4n) is 1.41. The van der Waals surface area contributed by atoms with Crippen LogP contribution in [0, 0.1) is 0 Å². The molecule has 21 heavy (non-hydrogen) atoms. The van der Waals surface area contributed by atoms with E-state index in [9.17, 15) is 21.6 Å². The summed E-state index contributed by atoms with van der Waals surface area (Å²) in [5.41, 5.74) is 2.77.